The van der Waals surface area contributed by atoms with E-state index in [2.05, 4.69) is 17.8 Å². The van der Waals surface area contributed by atoms with E-state index in [1.807, 2.05) is 0 Å². The molecule has 0 saturated carbocycles. The van der Waals surface area contributed by atoms with Crippen LogP contribution in [0.25, 0.3) is 0 Å². The lowest BCUT2D eigenvalue weighted by Gasteiger charge is -2.04. The third kappa shape index (κ3) is 19.2. The molecule has 4 nitrogen and oxygen atoms in total. The molecule has 0 rings (SSSR count). The Kier molecular flexibility index (Phi) is 17.6. The highest BCUT2D eigenvalue weighted by molar-refractivity contribution is 5.63. The van der Waals surface area contributed by atoms with Gasteiger partial charge in [0.1, 0.15) is 0 Å². The van der Waals surface area contributed by atoms with Crippen molar-refractivity contribution in [2.45, 2.75) is 103 Å². The standard InChI is InChI=1S/C18H38N2O2/c1-2-3-4-5-6-7-8-9-10-11-12-13-14-15-16-17-19-20-18(21)22/h19-20H,2-17H2,1H3,(H,21,22). The summed E-state index contributed by atoms with van der Waals surface area (Å²) >= 11 is 0. The van der Waals surface area contributed by atoms with Gasteiger partial charge in [-0.25, -0.2) is 10.2 Å². The zero-order chi connectivity index (χ0) is 16.3. The molecule has 0 aliphatic rings. The average Bonchev–Trinajstić information content (AvgIpc) is 2.50. The number of unbranched alkanes of at least 4 members (excludes halogenated alkanes) is 14. The van der Waals surface area contributed by atoms with E-state index >= 15 is 0 Å². The second-order valence-corrected chi connectivity index (χ2v) is 6.31. The zero-order valence-corrected chi connectivity index (χ0v) is 14.7. The normalized spacial score (nSPS) is 10.8. The highest BCUT2D eigenvalue weighted by atomic mass is 16.4. The summed E-state index contributed by atoms with van der Waals surface area (Å²) in [4.78, 5) is 10.2. The highest BCUT2D eigenvalue weighted by Crippen LogP contribution is 2.13. The van der Waals surface area contributed by atoms with E-state index in [0.29, 0.717) is 0 Å². The first kappa shape index (κ1) is 21.2. The minimum absolute atomic E-state index is 0.727. The smallest absolute Gasteiger partial charge is 0.419 e. The summed E-state index contributed by atoms with van der Waals surface area (Å²) in [6.45, 7) is 3.00. The number of rotatable bonds is 17. The molecule has 3 N–H and O–H groups in total. The van der Waals surface area contributed by atoms with Crippen molar-refractivity contribution in [3.05, 3.63) is 0 Å². The van der Waals surface area contributed by atoms with Crippen LogP contribution in [0, 0.1) is 0 Å². The van der Waals surface area contributed by atoms with Gasteiger partial charge >= 0.3 is 6.09 Å². The second-order valence-electron chi connectivity index (χ2n) is 6.31. The van der Waals surface area contributed by atoms with Crippen LogP contribution in [0.2, 0.25) is 0 Å². The number of hydrazine groups is 1. The fourth-order valence-corrected chi connectivity index (χ4v) is 2.72. The number of amides is 1. The van der Waals surface area contributed by atoms with Gasteiger partial charge < -0.3 is 5.11 Å². The molecule has 0 spiro atoms. The van der Waals surface area contributed by atoms with Gasteiger partial charge in [0.15, 0.2) is 0 Å². The van der Waals surface area contributed by atoms with Crippen LogP contribution in [0.3, 0.4) is 0 Å². The van der Waals surface area contributed by atoms with Gasteiger partial charge in [0.25, 0.3) is 0 Å². The van der Waals surface area contributed by atoms with Crippen molar-refractivity contribution < 1.29 is 9.90 Å². The minimum Gasteiger partial charge on any atom is -0.464 e. The molecule has 0 aliphatic carbocycles. The number of hydrogen-bond donors (Lipinski definition) is 3. The van der Waals surface area contributed by atoms with Crippen molar-refractivity contribution in [1.29, 1.82) is 0 Å². The van der Waals surface area contributed by atoms with Crippen LogP contribution >= 0.6 is 0 Å². The van der Waals surface area contributed by atoms with E-state index in [1.54, 1.807) is 0 Å². The van der Waals surface area contributed by atoms with Crippen LogP contribution < -0.4 is 10.9 Å². The van der Waals surface area contributed by atoms with Crippen LogP contribution in [-0.4, -0.2) is 17.7 Å². The van der Waals surface area contributed by atoms with Gasteiger partial charge in [-0.05, 0) is 6.42 Å². The number of hydrogen-bond acceptors (Lipinski definition) is 2. The molecule has 0 heterocycles. The molecule has 0 bridgehead atoms. The predicted molar refractivity (Wildman–Crippen MR) is 94.1 cm³/mol. The van der Waals surface area contributed by atoms with Gasteiger partial charge in [-0.3, -0.25) is 5.43 Å². The summed E-state index contributed by atoms with van der Waals surface area (Å²) in [5, 5.41) is 8.37. The Morgan fingerprint density at radius 2 is 1.05 bits per heavy atom. The van der Waals surface area contributed by atoms with Crippen LogP contribution in [0.15, 0.2) is 0 Å². The SMILES string of the molecule is CCCCCCCCCCCCCCCCCNNC(=O)O. The van der Waals surface area contributed by atoms with Gasteiger partial charge in [-0.1, -0.05) is 96.8 Å². The monoisotopic (exact) mass is 314 g/mol. The molecule has 0 fully saturated rings. The summed E-state index contributed by atoms with van der Waals surface area (Å²) in [6.07, 6.45) is 19.3. The zero-order valence-electron chi connectivity index (χ0n) is 14.7. The molecule has 0 radical (unpaired) electrons. The summed E-state index contributed by atoms with van der Waals surface area (Å²) in [6, 6.07) is 0. The molecule has 0 unspecified atom stereocenters. The fourth-order valence-electron chi connectivity index (χ4n) is 2.72. The molecule has 0 aromatic rings. The van der Waals surface area contributed by atoms with Gasteiger partial charge in [-0.2, -0.15) is 0 Å². The van der Waals surface area contributed by atoms with Crippen LogP contribution in [0.5, 0.6) is 0 Å². The Bertz CT molecular complexity index is 235. The van der Waals surface area contributed by atoms with E-state index in [-0.39, 0.29) is 0 Å². The molecule has 0 atom stereocenters. The summed E-state index contributed by atoms with van der Waals surface area (Å²) in [5.74, 6) is 0. The number of nitrogens with one attached hydrogen (secondary N) is 2. The molecule has 132 valence electrons. The van der Waals surface area contributed by atoms with Gasteiger partial charge in [0.2, 0.25) is 0 Å². The molecule has 0 aliphatic heterocycles. The first-order valence-electron chi connectivity index (χ1n) is 9.49. The fraction of sp³-hybridized carbons (Fsp3) is 0.944. The first-order valence-corrected chi connectivity index (χ1v) is 9.49. The van der Waals surface area contributed by atoms with Crippen LogP contribution in [-0.2, 0) is 0 Å². The summed E-state index contributed by atoms with van der Waals surface area (Å²) in [5.41, 5.74) is 4.84. The Morgan fingerprint density at radius 1 is 0.682 bits per heavy atom. The van der Waals surface area contributed by atoms with Gasteiger partial charge in [0, 0.05) is 6.54 Å². The molecular formula is C18H38N2O2. The number of carbonyl (C=O) groups is 1. The Balaban J connectivity index is 2.95. The maximum absolute atomic E-state index is 10.2. The maximum Gasteiger partial charge on any atom is 0.419 e. The van der Waals surface area contributed by atoms with Gasteiger partial charge in [0.05, 0.1) is 0 Å². The van der Waals surface area contributed by atoms with E-state index in [1.165, 1.54) is 89.9 Å². The van der Waals surface area contributed by atoms with Crippen molar-refractivity contribution in [1.82, 2.24) is 10.9 Å². The number of carboxylic acid groups (broad SMARTS) is 1. The van der Waals surface area contributed by atoms with E-state index in [0.717, 1.165) is 13.0 Å². The average molecular weight is 315 g/mol. The molecule has 22 heavy (non-hydrogen) atoms. The maximum atomic E-state index is 10.2. The van der Waals surface area contributed by atoms with Crippen molar-refractivity contribution in [3.63, 3.8) is 0 Å². The highest BCUT2D eigenvalue weighted by Gasteiger charge is 1.95. The molecule has 0 aromatic heterocycles. The molecule has 1 amide bonds. The lowest BCUT2D eigenvalue weighted by Crippen LogP contribution is -2.36. The predicted octanol–water partition coefficient (Wildman–Crippen LogP) is 5.63. The molecule has 0 aromatic carbocycles. The Hall–Kier alpha value is -0.770. The lowest BCUT2D eigenvalue weighted by atomic mass is 10.0. The summed E-state index contributed by atoms with van der Waals surface area (Å²) < 4.78 is 0. The van der Waals surface area contributed by atoms with E-state index in [4.69, 9.17) is 5.11 Å². The third-order valence-corrected chi connectivity index (χ3v) is 4.10. The van der Waals surface area contributed by atoms with Crippen molar-refractivity contribution >= 4 is 6.09 Å². The molecule has 4 heteroatoms. The van der Waals surface area contributed by atoms with Crippen LogP contribution in [0.1, 0.15) is 103 Å². The van der Waals surface area contributed by atoms with Crippen molar-refractivity contribution in [2.24, 2.45) is 0 Å². The first-order chi connectivity index (χ1) is 10.8. The van der Waals surface area contributed by atoms with Crippen molar-refractivity contribution in [2.75, 3.05) is 6.54 Å². The molecule has 0 saturated heterocycles. The quantitative estimate of drug-likeness (QED) is 0.241. The molecular weight excluding hydrogens is 276 g/mol. The Morgan fingerprint density at radius 3 is 1.41 bits per heavy atom. The van der Waals surface area contributed by atoms with Crippen LogP contribution in [0.4, 0.5) is 4.79 Å². The van der Waals surface area contributed by atoms with Crippen molar-refractivity contribution in [3.8, 4) is 0 Å². The lowest BCUT2D eigenvalue weighted by molar-refractivity contribution is 0.189. The largest absolute Gasteiger partial charge is 0.464 e. The second kappa shape index (κ2) is 18.3. The third-order valence-electron chi connectivity index (χ3n) is 4.10. The van der Waals surface area contributed by atoms with E-state index < -0.39 is 6.09 Å². The van der Waals surface area contributed by atoms with Gasteiger partial charge in [-0.15, -0.1) is 0 Å². The summed E-state index contributed by atoms with van der Waals surface area (Å²) in [7, 11) is 0. The van der Waals surface area contributed by atoms with E-state index in [9.17, 15) is 4.79 Å². The topological polar surface area (TPSA) is 61.4 Å². The Labute approximate surface area is 137 Å². The minimum atomic E-state index is -1.01.